The van der Waals surface area contributed by atoms with Crippen molar-refractivity contribution < 1.29 is 9.53 Å². The van der Waals surface area contributed by atoms with Crippen LogP contribution in [0.3, 0.4) is 0 Å². The molecule has 1 rings (SSSR count). The number of pyridine rings is 1. The molecule has 5 heteroatoms. The van der Waals surface area contributed by atoms with E-state index in [4.69, 9.17) is 4.74 Å². The molecule has 1 aromatic heterocycles. The molecule has 0 aliphatic carbocycles. The molecule has 0 saturated heterocycles. The number of carbonyl (C=O) groups is 1. The highest BCUT2D eigenvalue weighted by atomic mass is 16.5. The Bertz CT molecular complexity index is 373. The van der Waals surface area contributed by atoms with Crippen molar-refractivity contribution in [1.82, 2.24) is 10.3 Å². The lowest BCUT2D eigenvalue weighted by molar-refractivity contribution is 0.0921. The molecule has 0 radical (unpaired) electrons. The molecular weight excluding hydrogens is 196 g/mol. The summed E-state index contributed by atoms with van der Waals surface area (Å²) in [6.07, 6.45) is 2.87. The second-order valence-corrected chi connectivity index (χ2v) is 2.88. The second kappa shape index (κ2) is 5.98. The molecule has 0 bridgehead atoms. The number of nitrogens with one attached hydrogen (secondary N) is 2. The molecule has 1 amide bonds. The monoisotopic (exact) mass is 210 g/mol. The Morgan fingerprint density at radius 2 is 2.40 bits per heavy atom. The summed E-state index contributed by atoms with van der Waals surface area (Å²) in [6, 6.07) is 1.32. The molecule has 1 heterocycles. The zero-order valence-corrected chi connectivity index (χ0v) is 8.58. The summed E-state index contributed by atoms with van der Waals surface area (Å²) in [5.41, 5.74) is -0.170. The van der Waals surface area contributed by atoms with Crippen LogP contribution in [-0.4, -0.2) is 30.6 Å². The van der Waals surface area contributed by atoms with E-state index in [1.54, 1.807) is 0 Å². The first kappa shape index (κ1) is 11.5. The number of aromatic amines is 1. The van der Waals surface area contributed by atoms with Gasteiger partial charge in [-0.25, -0.2) is 0 Å². The van der Waals surface area contributed by atoms with E-state index >= 15 is 0 Å². The Labute approximate surface area is 87.5 Å². The summed E-state index contributed by atoms with van der Waals surface area (Å²) in [5, 5.41) is 2.59. The number of amides is 1. The predicted octanol–water partition coefficient (Wildman–Crippen LogP) is 0.141. The van der Waals surface area contributed by atoms with Crippen molar-refractivity contribution in [3.8, 4) is 0 Å². The maximum Gasteiger partial charge on any atom is 0.256 e. The topological polar surface area (TPSA) is 71.2 Å². The highest BCUT2D eigenvalue weighted by Crippen LogP contribution is 1.87. The molecule has 0 fully saturated rings. The highest BCUT2D eigenvalue weighted by molar-refractivity contribution is 5.93. The average molecular weight is 210 g/mol. The average Bonchev–Trinajstić information content (AvgIpc) is 2.25. The van der Waals surface area contributed by atoms with E-state index in [1.807, 2.05) is 6.92 Å². The summed E-state index contributed by atoms with van der Waals surface area (Å²) >= 11 is 0. The second-order valence-electron chi connectivity index (χ2n) is 2.88. The number of hydrogen-bond donors (Lipinski definition) is 2. The summed E-state index contributed by atoms with van der Waals surface area (Å²) in [7, 11) is 0. The van der Waals surface area contributed by atoms with Crippen LogP contribution < -0.4 is 10.7 Å². The normalized spacial score (nSPS) is 9.93. The van der Waals surface area contributed by atoms with Crippen molar-refractivity contribution in [3.63, 3.8) is 0 Å². The molecule has 0 aliphatic heterocycles. The molecular formula is C10H14N2O3. The lowest BCUT2D eigenvalue weighted by atomic mass is 10.2. The number of rotatable bonds is 5. The number of hydrogen-bond acceptors (Lipinski definition) is 3. The number of ether oxygens (including phenoxy) is 1. The minimum absolute atomic E-state index is 0.119. The number of carbonyl (C=O) groups excluding carboxylic acids is 1. The lowest BCUT2D eigenvalue weighted by Gasteiger charge is -2.04. The van der Waals surface area contributed by atoms with Gasteiger partial charge in [0.25, 0.3) is 5.91 Å². The molecule has 0 atom stereocenters. The van der Waals surface area contributed by atoms with E-state index in [2.05, 4.69) is 10.3 Å². The standard InChI is InChI=1S/C10H14N2O3/c1-2-15-6-5-12-10(14)8-7-11-4-3-9(8)13/h3-4,7H,2,5-6H2,1H3,(H,11,13)(H,12,14). The summed E-state index contributed by atoms with van der Waals surface area (Å²) in [5.74, 6) is -0.378. The van der Waals surface area contributed by atoms with Crippen LogP contribution in [0, 0.1) is 0 Å². The van der Waals surface area contributed by atoms with Gasteiger partial charge in [-0.05, 0) is 6.92 Å². The molecule has 0 aliphatic rings. The van der Waals surface area contributed by atoms with Crippen LogP contribution in [0.15, 0.2) is 23.3 Å². The Morgan fingerprint density at radius 3 is 3.07 bits per heavy atom. The fourth-order valence-electron chi connectivity index (χ4n) is 1.07. The van der Waals surface area contributed by atoms with Crippen LogP contribution in [0.4, 0.5) is 0 Å². The maximum atomic E-state index is 11.4. The van der Waals surface area contributed by atoms with Gasteiger partial charge < -0.3 is 15.0 Å². The fourth-order valence-corrected chi connectivity index (χ4v) is 1.07. The van der Waals surface area contributed by atoms with Crippen molar-refractivity contribution >= 4 is 5.91 Å². The van der Waals surface area contributed by atoms with Gasteiger partial charge in [-0.2, -0.15) is 0 Å². The van der Waals surface area contributed by atoms with Gasteiger partial charge in [0.1, 0.15) is 5.56 Å². The Kier molecular flexibility index (Phi) is 4.56. The van der Waals surface area contributed by atoms with E-state index in [0.29, 0.717) is 19.8 Å². The van der Waals surface area contributed by atoms with Crippen LogP contribution >= 0.6 is 0 Å². The van der Waals surface area contributed by atoms with Gasteiger partial charge in [-0.1, -0.05) is 0 Å². The number of H-pyrrole nitrogens is 1. The SMILES string of the molecule is CCOCCNC(=O)c1c[nH]ccc1=O. The van der Waals surface area contributed by atoms with Gasteiger partial charge >= 0.3 is 0 Å². The molecule has 0 unspecified atom stereocenters. The smallest absolute Gasteiger partial charge is 0.256 e. The quantitative estimate of drug-likeness (QED) is 0.679. The van der Waals surface area contributed by atoms with Crippen molar-refractivity contribution in [2.24, 2.45) is 0 Å². The van der Waals surface area contributed by atoms with Crippen LogP contribution in [0.25, 0.3) is 0 Å². The minimum atomic E-state index is -0.378. The first-order valence-electron chi connectivity index (χ1n) is 4.78. The molecule has 0 saturated carbocycles. The van der Waals surface area contributed by atoms with Gasteiger partial charge in [-0.15, -0.1) is 0 Å². The third kappa shape index (κ3) is 3.55. The van der Waals surface area contributed by atoms with Crippen molar-refractivity contribution in [2.45, 2.75) is 6.92 Å². The third-order valence-electron chi connectivity index (χ3n) is 1.80. The van der Waals surface area contributed by atoms with Crippen molar-refractivity contribution in [2.75, 3.05) is 19.8 Å². The first-order valence-corrected chi connectivity index (χ1v) is 4.78. The van der Waals surface area contributed by atoms with Gasteiger partial charge in [-0.3, -0.25) is 9.59 Å². The van der Waals surface area contributed by atoms with Gasteiger partial charge in [0, 0.05) is 31.6 Å². The summed E-state index contributed by atoms with van der Waals surface area (Å²) in [6.45, 7) is 3.35. The lowest BCUT2D eigenvalue weighted by Crippen LogP contribution is -2.31. The van der Waals surface area contributed by atoms with E-state index < -0.39 is 0 Å². The summed E-state index contributed by atoms with van der Waals surface area (Å²) in [4.78, 5) is 25.4. The zero-order chi connectivity index (χ0) is 11.1. The Morgan fingerprint density at radius 1 is 1.60 bits per heavy atom. The number of aromatic nitrogens is 1. The zero-order valence-electron chi connectivity index (χ0n) is 8.58. The van der Waals surface area contributed by atoms with E-state index in [0.717, 1.165) is 0 Å². The third-order valence-corrected chi connectivity index (χ3v) is 1.80. The Hall–Kier alpha value is -1.62. The van der Waals surface area contributed by atoms with Crippen LogP contribution in [0.1, 0.15) is 17.3 Å². The first-order chi connectivity index (χ1) is 7.25. The predicted molar refractivity (Wildman–Crippen MR) is 55.9 cm³/mol. The van der Waals surface area contributed by atoms with E-state index in [-0.39, 0.29) is 16.9 Å². The molecule has 82 valence electrons. The molecule has 5 nitrogen and oxygen atoms in total. The molecule has 0 aromatic carbocycles. The van der Waals surface area contributed by atoms with Gasteiger partial charge in [0.15, 0.2) is 5.43 Å². The molecule has 0 spiro atoms. The van der Waals surface area contributed by atoms with E-state index in [1.165, 1.54) is 18.5 Å². The fraction of sp³-hybridized carbons (Fsp3) is 0.400. The van der Waals surface area contributed by atoms with Crippen LogP contribution in [0.2, 0.25) is 0 Å². The van der Waals surface area contributed by atoms with Crippen LogP contribution in [-0.2, 0) is 4.74 Å². The van der Waals surface area contributed by atoms with Gasteiger partial charge in [0.05, 0.1) is 6.61 Å². The highest BCUT2D eigenvalue weighted by Gasteiger charge is 2.07. The largest absolute Gasteiger partial charge is 0.380 e. The van der Waals surface area contributed by atoms with Gasteiger partial charge in [0.2, 0.25) is 0 Å². The molecule has 1 aromatic rings. The van der Waals surface area contributed by atoms with Crippen molar-refractivity contribution in [1.29, 1.82) is 0 Å². The van der Waals surface area contributed by atoms with Crippen LogP contribution in [0.5, 0.6) is 0 Å². The maximum absolute atomic E-state index is 11.4. The molecule has 15 heavy (non-hydrogen) atoms. The van der Waals surface area contributed by atoms with E-state index in [9.17, 15) is 9.59 Å². The summed E-state index contributed by atoms with van der Waals surface area (Å²) < 4.78 is 5.05. The van der Waals surface area contributed by atoms with Crippen molar-refractivity contribution in [3.05, 3.63) is 34.2 Å². The minimum Gasteiger partial charge on any atom is -0.380 e. The Balaban J connectivity index is 2.48. The molecule has 2 N–H and O–H groups in total.